The highest BCUT2D eigenvalue weighted by Gasteiger charge is 2.05. The lowest BCUT2D eigenvalue weighted by Gasteiger charge is -1.98. The summed E-state index contributed by atoms with van der Waals surface area (Å²) in [7, 11) is 0. The molecule has 0 bridgehead atoms. The Balaban J connectivity index is 2.56. The molecule has 2 aromatic heterocycles. The van der Waals surface area contributed by atoms with Crippen molar-refractivity contribution in [3.05, 3.63) is 29.2 Å². The Bertz CT molecular complexity index is 422. The van der Waals surface area contributed by atoms with Gasteiger partial charge in [-0.25, -0.2) is 4.98 Å². The van der Waals surface area contributed by atoms with Gasteiger partial charge >= 0.3 is 0 Å². The molecular weight excluding hydrogens is 186 g/mol. The second kappa shape index (κ2) is 3.38. The van der Waals surface area contributed by atoms with Crippen LogP contribution in [-0.2, 0) is 6.42 Å². The Morgan fingerprint density at radius 2 is 2.38 bits per heavy atom. The lowest BCUT2D eigenvalue weighted by Crippen LogP contribution is -1.88. The highest BCUT2D eigenvalue weighted by Crippen LogP contribution is 2.23. The average Bonchev–Trinajstić information content (AvgIpc) is 2.53. The van der Waals surface area contributed by atoms with Gasteiger partial charge in [0, 0.05) is 11.8 Å². The maximum Gasteiger partial charge on any atom is 0.140 e. The van der Waals surface area contributed by atoms with E-state index in [1.807, 2.05) is 12.1 Å². The molecule has 0 radical (unpaired) electrons. The summed E-state index contributed by atoms with van der Waals surface area (Å²) in [5.74, 6) is 0. The maximum absolute atomic E-state index is 5.97. The average molecular weight is 196 g/mol. The van der Waals surface area contributed by atoms with Gasteiger partial charge in [0.1, 0.15) is 10.7 Å². The molecular formula is C10H10ClNO. The highest BCUT2D eigenvalue weighted by molar-refractivity contribution is 6.34. The lowest BCUT2D eigenvalue weighted by atomic mass is 10.2. The molecule has 0 aromatic carbocycles. The molecule has 0 aliphatic heterocycles. The van der Waals surface area contributed by atoms with Crippen molar-refractivity contribution >= 4 is 22.6 Å². The molecule has 13 heavy (non-hydrogen) atoms. The minimum Gasteiger partial charge on any atom is -0.464 e. The number of nitrogens with zero attached hydrogens (tertiary/aromatic N) is 1. The zero-order valence-electron chi connectivity index (χ0n) is 7.38. The number of hydrogen-bond donors (Lipinski definition) is 0. The van der Waals surface area contributed by atoms with Crippen LogP contribution < -0.4 is 0 Å². The first-order chi connectivity index (χ1) is 6.31. The minimum absolute atomic E-state index is 0.537. The number of hydrogen-bond acceptors (Lipinski definition) is 2. The van der Waals surface area contributed by atoms with Crippen molar-refractivity contribution in [1.82, 2.24) is 4.98 Å². The predicted molar refractivity (Wildman–Crippen MR) is 53.0 cm³/mol. The van der Waals surface area contributed by atoms with Crippen LogP contribution in [0.25, 0.3) is 11.0 Å². The molecule has 0 amide bonds. The van der Waals surface area contributed by atoms with Gasteiger partial charge in [0.15, 0.2) is 0 Å². The van der Waals surface area contributed by atoms with Crippen molar-refractivity contribution in [3.8, 4) is 0 Å². The van der Waals surface area contributed by atoms with Gasteiger partial charge in [0.25, 0.3) is 0 Å². The van der Waals surface area contributed by atoms with Crippen LogP contribution in [0.15, 0.2) is 22.8 Å². The number of aryl methyl sites for hydroxylation is 1. The number of pyridine rings is 1. The fourth-order valence-corrected chi connectivity index (χ4v) is 1.62. The van der Waals surface area contributed by atoms with Crippen molar-refractivity contribution in [2.24, 2.45) is 0 Å². The molecule has 2 nitrogen and oxygen atoms in total. The first-order valence-electron chi connectivity index (χ1n) is 4.34. The molecule has 0 N–H and O–H groups in total. The largest absolute Gasteiger partial charge is 0.464 e. The van der Waals surface area contributed by atoms with Crippen molar-refractivity contribution in [1.29, 1.82) is 0 Å². The smallest absolute Gasteiger partial charge is 0.140 e. The molecule has 0 spiro atoms. The van der Waals surface area contributed by atoms with E-state index in [1.165, 1.54) is 0 Å². The Morgan fingerprint density at radius 1 is 1.54 bits per heavy atom. The summed E-state index contributed by atoms with van der Waals surface area (Å²) in [5, 5.41) is 1.43. The van der Waals surface area contributed by atoms with Crippen molar-refractivity contribution in [2.45, 2.75) is 19.8 Å². The topological polar surface area (TPSA) is 26.0 Å². The normalized spacial score (nSPS) is 10.9. The fraction of sp³-hybridized carbons (Fsp3) is 0.300. The summed E-state index contributed by atoms with van der Waals surface area (Å²) in [4.78, 5) is 4.27. The van der Waals surface area contributed by atoms with Crippen LogP contribution in [0.1, 0.15) is 19.0 Å². The zero-order valence-corrected chi connectivity index (χ0v) is 8.14. The number of furan rings is 1. The molecule has 2 aromatic rings. The minimum atomic E-state index is 0.537. The molecule has 0 unspecified atom stereocenters. The molecule has 2 rings (SSSR count). The van der Waals surface area contributed by atoms with Gasteiger partial charge in [-0.3, -0.25) is 0 Å². The summed E-state index contributed by atoms with van der Waals surface area (Å²) in [6.07, 6.45) is 3.64. The van der Waals surface area contributed by atoms with E-state index in [1.54, 1.807) is 6.26 Å². The number of fused-ring (bicyclic) bond motifs is 1. The maximum atomic E-state index is 5.97. The molecule has 0 aliphatic carbocycles. The van der Waals surface area contributed by atoms with Gasteiger partial charge in [-0.15, -0.1) is 0 Å². The first kappa shape index (κ1) is 8.57. The van der Waals surface area contributed by atoms with Gasteiger partial charge in [0.05, 0.1) is 11.6 Å². The van der Waals surface area contributed by atoms with Crippen LogP contribution in [0.2, 0.25) is 5.15 Å². The molecule has 2 heterocycles. The number of halogens is 1. The quantitative estimate of drug-likeness (QED) is 0.687. The summed E-state index contributed by atoms with van der Waals surface area (Å²) < 4.78 is 5.26. The second-order valence-electron chi connectivity index (χ2n) is 2.99. The van der Waals surface area contributed by atoms with E-state index in [0.29, 0.717) is 5.15 Å². The number of aromatic nitrogens is 1. The van der Waals surface area contributed by atoms with Crippen molar-refractivity contribution in [3.63, 3.8) is 0 Å². The summed E-state index contributed by atoms with van der Waals surface area (Å²) in [6, 6.07) is 3.78. The Hall–Kier alpha value is -1.02. The summed E-state index contributed by atoms with van der Waals surface area (Å²) in [5.41, 5.74) is 1.82. The van der Waals surface area contributed by atoms with Crippen LogP contribution >= 0.6 is 11.6 Å². The van der Waals surface area contributed by atoms with E-state index in [0.717, 1.165) is 29.5 Å². The Kier molecular flexibility index (Phi) is 2.23. The van der Waals surface area contributed by atoms with Crippen LogP contribution in [0.4, 0.5) is 0 Å². The monoisotopic (exact) mass is 195 g/mol. The molecule has 3 heteroatoms. The highest BCUT2D eigenvalue weighted by atomic mass is 35.5. The van der Waals surface area contributed by atoms with E-state index < -0.39 is 0 Å². The number of rotatable bonds is 2. The van der Waals surface area contributed by atoms with E-state index in [-0.39, 0.29) is 0 Å². The molecule has 0 saturated heterocycles. The van der Waals surface area contributed by atoms with E-state index >= 15 is 0 Å². The third kappa shape index (κ3) is 1.54. The van der Waals surface area contributed by atoms with Crippen molar-refractivity contribution in [2.75, 3.05) is 0 Å². The van der Waals surface area contributed by atoms with Gasteiger partial charge in [-0.05, 0) is 12.5 Å². The van der Waals surface area contributed by atoms with Crippen LogP contribution in [0, 0.1) is 0 Å². The predicted octanol–water partition coefficient (Wildman–Crippen LogP) is 3.43. The standard InChI is InChI=1S/C10H10ClNO/c1-2-3-7-6-9-8(4-5-13-9)10(11)12-7/h4-6H,2-3H2,1H3. The fourth-order valence-electron chi connectivity index (χ4n) is 1.36. The lowest BCUT2D eigenvalue weighted by molar-refractivity contribution is 0.614. The van der Waals surface area contributed by atoms with Gasteiger partial charge in [0.2, 0.25) is 0 Å². The van der Waals surface area contributed by atoms with E-state index in [4.69, 9.17) is 16.0 Å². The van der Waals surface area contributed by atoms with Gasteiger partial charge < -0.3 is 4.42 Å². The SMILES string of the molecule is CCCc1cc2occc2c(Cl)n1. The molecule has 0 aliphatic rings. The first-order valence-corrected chi connectivity index (χ1v) is 4.71. The molecule has 0 atom stereocenters. The van der Waals surface area contributed by atoms with Crippen LogP contribution in [-0.4, -0.2) is 4.98 Å². The molecule has 0 fully saturated rings. The Morgan fingerprint density at radius 3 is 3.15 bits per heavy atom. The molecule has 68 valence electrons. The van der Waals surface area contributed by atoms with Gasteiger partial charge in [-0.1, -0.05) is 24.9 Å². The Labute approximate surface area is 81.5 Å². The summed E-state index contributed by atoms with van der Waals surface area (Å²) in [6.45, 7) is 2.11. The molecule has 0 saturated carbocycles. The second-order valence-corrected chi connectivity index (χ2v) is 3.34. The zero-order chi connectivity index (χ0) is 9.26. The third-order valence-electron chi connectivity index (χ3n) is 1.96. The third-order valence-corrected chi connectivity index (χ3v) is 2.25. The van der Waals surface area contributed by atoms with Crippen molar-refractivity contribution < 1.29 is 4.42 Å². The van der Waals surface area contributed by atoms with Crippen LogP contribution in [0.3, 0.4) is 0 Å². The van der Waals surface area contributed by atoms with E-state index in [2.05, 4.69) is 11.9 Å². The van der Waals surface area contributed by atoms with Gasteiger partial charge in [-0.2, -0.15) is 0 Å². The van der Waals surface area contributed by atoms with Crippen LogP contribution in [0.5, 0.6) is 0 Å². The summed E-state index contributed by atoms with van der Waals surface area (Å²) >= 11 is 5.97. The van der Waals surface area contributed by atoms with E-state index in [9.17, 15) is 0 Å².